The molecule has 30 heavy (non-hydrogen) atoms. The second-order valence-corrected chi connectivity index (χ2v) is 8.38. The molecule has 1 amide bonds. The molecule has 3 rings (SSSR count). The lowest BCUT2D eigenvalue weighted by Gasteiger charge is -2.34. The molecule has 0 aliphatic carbocycles. The van der Waals surface area contributed by atoms with Gasteiger partial charge < -0.3 is 25.3 Å². The van der Waals surface area contributed by atoms with Crippen LogP contribution in [0.3, 0.4) is 0 Å². The van der Waals surface area contributed by atoms with Crippen molar-refractivity contribution in [1.82, 2.24) is 25.1 Å². The van der Waals surface area contributed by atoms with Crippen LogP contribution in [0.1, 0.15) is 39.5 Å². The number of carbonyl (C=O) groups excluding carboxylic acids is 1. The van der Waals surface area contributed by atoms with Crippen molar-refractivity contribution < 1.29 is 4.79 Å². The van der Waals surface area contributed by atoms with Gasteiger partial charge in [0.05, 0.1) is 0 Å². The van der Waals surface area contributed by atoms with E-state index in [0.717, 1.165) is 77.4 Å². The van der Waals surface area contributed by atoms with Gasteiger partial charge in [0.15, 0.2) is 0 Å². The standard InChI is InChI=1S/C22H39N7O/c1-3-23-22-25-10-6-20(26-22)29-12-7-19(8-13-29)18-21(30)24-9-5-11-28-16-14-27(4-2)15-17-28/h6,10,19H,3-5,7-9,11-18H2,1-2H3,(H,24,30)(H,23,25,26). The predicted octanol–water partition coefficient (Wildman–Crippen LogP) is 1.66. The molecule has 0 saturated carbocycles. The maximum Gasteiger partial charge on any atom is 0.224 e. The van der Waals surface area contributed by atoms with Gasteiger partial charge in [0.1, 0.15) is 5.82 Å². The van der Waals surface area contributed by atoms with Crippen LogP contribution in [-0.2, 0) is 4.79 Å². The van der Waals surface area contributed by atoms with E-state index in [1.165, 1.54) is 13.1 Å². The minimum atomic E-state index is 0.209. The van der Waals surface area contributed by atoms with Gasteiger partial charge in [0.25, 0.3) is 0 Å². The van der Waals surface area contributed by atoms with Gasteiger partial charge in [-0.1, -0.05) is 6.92 Å². The predicted molar refractivity (Wildman–Crippen MR) is 122 cm³/mol. The van der Waals surface area contributed by atoms with Gasteiger partial charge >= 0.3 is 0 Å². The third-order valence-corrected chi connectivity index (χ3v) is 6.27. The second kappa shape index (κ2) is 12.1. The molecule has 2 aliphatic heterocycles. The summed E-state index contributed by atoms with van der Waals surface area (Å²) in [6, 6.07) is 1.97. The number of hydrogen-bond donors (Lipinski definition) is 2. The molecule has 2 N–H and O–H groups in total. The van der Waals surface area contributed by atoms with Crippen molar-refractivity contribution >= 4 is 17.7 Å². The van der Waals surface area contributed by atoms with E-state index in [1.54, 1.807) is 0 Å². The molecule has 0 atom stereocenters. The number of piperazine rings is 1. The van der Waals surface area contributed by atoms with Crippen LogP contribution in [0.5, 0.6) is 0 Å². The Labute approximate surface area is 181 Å². The van der Waals surface area contributed by atoms with Gasteiger partial charge in [0.2, 0.25) is 11.9 Å². The Kier molecular flexibility index (Phi) is 9.14. The average Bonchev–Trinajstić information content (AvgIpc) is 2.78. The van der Waals surface area contributed by atoms with Crippen LogP contribution in [0.2, 0.25) is 0 Å². The highest BCUT2D eigenvalue weighted by Crippen LogP contribution is 2.24. The lowest BCUT2D eigenvalue weighted by molar-refractivity contribution is -0.122. The lowest BCUT2D eigenvalue weighted by Crippen LogP contribution is -2.46. The van der Waals surface area contributed by atoms with Gasteiger partial charge in [-0.3, -0.25) is 4.79 Å². The van der Waals surface area contributed by atoms with Gasteiger partial charge in [0, 0.05) is 65.0 Å². The number of nitrogens with zero attached hydrogens (tertiary/aromatic N) is 5. The van der Waals surface area contributed by atoms with E-state index >= 15 is 0 Å². The number of likely N-dealkylation sites (N-methyl/N-ethyl adjacent to an activating group) is 1. The fraction of sp³-hybridized carbons (Fsp3) is 0.773. The van der Waals surface area contributed by atoms with Crippen molar-refractivity contribution in [2.75, 3.05) is 75.7 Å². The molecule has 1 aromatic heterocycles. The first-order chi connectivity index (χ1) is 14.7. The van der Waals surface area contributed by atoms with Crippen molar-refractivity contribution in [1.29, 1.82) is 0 Å². The van der Waals surface area contributed by atoms with Gasteiger partial charge in [-0.25, -0.2) is 4.98 Å². The van der Waals surface area contributed by atoms with E-state index in [1.807, 2.05) is 19.2 Å². The van der Waals surface area contributed by atoms with Crippen molar-refractivity contribution in [3.8, 4) is 0 Å². The van der Waals surface area contributed by atoms with Crippen LogP contribution in [0.25, 0.3) is 0 Å². The summed E-state index contributed by atoms with van der Waals surface area (Å²) in [4.78, 5) is 28.5. The largest absolute Gasteiger partial charge is 0.356 e. The van der Waals surface area contributed by atoms with Crippen LogP contribution >= 0.6 is 0 Å². The summed E-state index contributed by atoms with van der Waals surface area (Å²) < 4.78 is 0. The van der Waals surface area contributed by atoms with Gasteiger partial charge in [-0.15, -0.1) is 0 Å². The third-order valence-electron chi connectivity index (χ3n) is 6.27. The molecule has 0 spiro atoms. The molecule has 168 valence electrons. The number of carbonyl (C=O) groups is 1. The van der Waals surface area contributed by atoms with E-state index in [-0.39, 0.29) is 5.91 Å². The number of aromatic nitrogens is 2. The summed E-state index contributed by atoms with van der Waals surface area (Å²) in [5, 5.41) is 6.30. The highest BCUT2D eigenvalue weighted by molar-refractivity contribution is 5.76. The SMILES string of the molecule is CCNc1nccc(N2CCC(CC(=O)NCCCN3CCN(CC)CC3)CC2)n1. The zero-order valence-corrected chi connectivity index (χ0v) is 18.8. The summed E-state index contributed by atoms with van der Waals surface area (Å²) in [6.45, 7) is 14.7. The molecule has 1 aromatic rings. The lowest BCUT2D eigenvalue weighted by atomic mass is 9.93. The number of nitrogens with one attached hydrogen (secondary N) is 2. The Morgan fingerprint density at radius 3 is 2.53 bits per heavy atom. The normalized spacial score (nSPS) is 19.1. The summed E-state index contributed by atoms with van der Waals surface area (Å²) in [6.07, 6.45) is 5.57. The molecule has 2 fully saturated rings. The molecule has 0 unspecified atom stereocenters. The van der Waals surface area contributed by atoms with E-state index in [0.29, 0.717) is 18.3 Å². The number of hydrogen-bond acceptors (Lipinski definition) is 7. The molecule has 0 radical (unpaired) electrons. The van der Waals surface area contributed by atoms with E-state index in [4.69, 9.17) is 0 Å². The molecule has 3 heterocycles. The third kappa shape index (κ3) is 7.09. The quantitative estimate of drug-likeness (QED) is 0.561. The molecular formula is C22H39N7O. The number of rotatable bonds is 10. The molecule has 2 saturated heterocycles. The van der Waals surface area contributed by atoms with Crippen LogP contribution in [0, 0.1) is 5.92 Å². The monoisotopic (exact) mass is 417 g/mol. The van der Waals surface area contributed by atoms with E-state index in [2.05, 4.69) is 42.2 Å². The van der Waals surface area contributed by atoms with Crippen LogP contribution in [0.15, 0.2) is 12.3 Å². The minimum Gasteiger partial charge on any atom is -0.356 e. The number of anilines is 2. The first kappa shape index (κ1) is 22.7. The van der Waals surface area contributed by atoms with Gasteiger partial charge in [-0.2, -0.15) is 4.98 Å². The average molecular weight is 418 g/mol. The van der Waals surface area contributed by atoms with Crippen LogP contribution in [-0.4, -0.2) is 91.1 Å². The maximum absolute atomic E-state index is 12.3. The van der Waals surface area contributed by atoms with E-state index in [9.17, 15) is 4.79 Å². The van der Waals surface area contributed by atoms with Crippen molar-refractivity contribution in [3.63, 3.8) is 0 Å². The van der Waals surface area contributed by atoms with Crippen LogP contribution in [0.4, 0.5) is 11.8 Å². The zero-order valence-electron chi connectivity index (χ0n) is 18.8. The Morgan fingerprint density at radius 1 is 1.10 bits per heavy atom. The molecule has 8 heteroatoms. The molecule has 0 bridgehead atoms. The second-order valence-electron chi connectivity index (χ2n) is 8.38. The fourth-order valence-electron chi connectivity index (χ4n) is 4.33. The number of amides is 1. The highest BCUT2D eigenvalue weighted by Gasteiger charge is 2.22. The molecule has 8 nitrogen and oxygen atoms in total. The fourth-order valence-corrected chi connectivity index (χ4v) is 4.33. The Bertz CT molecular complexity index is 640. The molecule has 0 aromatic carbocycles. The smallest absolute Gasteiger partial charge is 0.224 e. The summed E-state index contributed by atoms with van der Waals surface area (Å²) >= 11 is 0. The highest BCUT2D eigenvalue weighted by atomic mass is 16.1. The Hall–Kier alpha value is -1.93. The van der Waals surface area contributed by atoms with Crippen molar-refractivity contribution in [2.45, 2.75) is 39.5 Å². The minimum absolute atomic E-state index is 0.209. The molecule has 2 aliphatic rings. The summed E-state index contributed by atoms with van der Waals surface area (Å²) in [5.74, 6) is 2.34. The van der Waals surface area contributed by atoms with Crippen molar-refractivity contribution in [3.05, 3.63) is 12.3 Å². The molecular weight excluding hydrogens is 378 g/mol. The topological polar surface area (TPSA) is 76.6 Å². The summed E-state index contributed by atoms with van der Waals surface area (Å²) in [5.41, 5.74) is 0. The van der Waals surface area contributed by atoms with Crippen LogP contribution < -0.4 is 15.5 Å². The summed E-state index contributed by atoms with van der Waals surface area (Å²) in [7, 11) is 0. The first-order valence-electron chi connectivity index (χ1n) is 11.7. The Balaban J connectivity index is 1.28. The van der Waals surface area contributed by atoms with Crippen molar-refractivity contribution in [2.24, 2.45) is 5.92 Å². The maximum atomic E-state index is 12.3. The van der Waals surface area contributed by atoms with E-state index < -0.39 is 0 Å². The first-order valence-corrected chi connectivity index (χ1v) is 11.7. The van der Waals surface area contributed by atoms with Gasteiger partial charge in [-0.05, 0) is 51.3 Å². The number of piperidine rings is 1. The Morgan fingerprint density at radius 2 is 1.83 bits per heavy atom. The zero-order chi connectivity index (χ0) is 21.2.